The highest BCUT2D eigenvalue weighted by Gasteiger charge is 2.17. The summed E-state index contributed by atoms with van der Waals surface area (Å²) in [6, 6.07) is 6.83. The van der Waals surface area contributed by atoms with Crippen LogP contribution in [0.3, 0.4) is 0 Å². The van der Waals surface area contributed by atoms with Gasteiger partial charge in [0.05, 0.1) is 7.11 Å². The Kier molecular flexibility index (Phi) is 3.03. The summed E-state index contributed by atoms with van der Waals surface area (Å²) in [6.45, 7) is 1.91. The molecule has 0 fully saturated rings. The molecule has 1 aromatic rings. The maximum Gasteiger partial charge on any atom is 0.327 e. The molecule has 0 heterocycles. The van der Waals surface area contributed by atoms with Gasteiger partial charge in [0.1, 0.15) is 6.04 Å². The van der Waals surface area contributed by atoms with Gasteiger partial charge in [-0.3, -0.25) is 4.79 Å². The van der Waals surface area contributed by atoms with Crippen molar-refractivity contribution in [3.8, 4) is 0 Å². The quantitative estimate of drug-likeness (QED) is 0.693. The molecule has 1 aromatic carbocycles. The minimum absolute atomic E-state index is 0.408. The summed E-state index contributed by atoms with van der Waals surface area (Å²) in [7, 11) is 1.33. The number of carbonyl (C=O) groups excluding carboxylic acids is 1. The summed E-state index contributed by atoms with van der Waals surface area (Å²) in [5.74, 6) is -0.408. The number of aryl methyl sites for hydroxylation is 1. The van der Waals surface area contributed by atoms with Crippen LogP contribution in [-0.2, 0) is 9.53 Å². The van der Waals surface area contributed by atoms with Crippen LogP contribution in [-0.4, -0.2) is 13.1 Å². The molecule has 70 valence electrons. The Hall–Kier alpha value is -1.35. The third-order valence-corrected chi connectivity index (χ3v) is 1.98. The van der Waals surface area contributed by atoms with Crippen LogP contribution < -0.4 is 5.73 Å². The third-order valence-electron chi connectivity index (χ3n) is 1.98. The molecule has 0 unspecified atom stereocenters. The Balaban J connectivity index is 2.95. The molecule has 3 nitrogen and oxygen atoms in total. The van der Waals surface area contributed by atoms with Crippen molar-refractivity contribution in [3.05, 3.63) is 35.4 Å². The maximum absolute atomic E-state index is 11.1. The highest BCUT2D eigenvalue weighted by Crippen LogP contribution is 2.15. The standard InChI is InChI=1S/C10H13NO2/c1-7-5-3-4-6-8(7)9(11)10(12)13-2/h3-6,9H,11H2,1-2H3/t9-/m1/s1. The molecule has 3 heteroatoms. The zero-order chi connectivity index (χ0) is 9.84. The van der Waals surface area contributed by atoms with E-state index in [4.69, 9.17) is 5.73 Å². The summed E-state index contributed by atoms with van der Waals surface area (Å²) >= 11 is 0. The second-order valence-corrected chi connectivity index (χ2v) is 2.86. The Labute approximate surface area is 77.5 Å². The molecule has 2 N–H and O–H groups in total. The fourth-order valence-electron chi connectivity index (χ4n) is 1.19. The van der Waals surface area contributed by atoms with Crippen LogP contribution in [0.15, 0.2) is 24.3 Å². The van der Waals surface area contributed by atoms with Gasteiger partial charge in [-0.05, 0) is 18.1 Å². The van der Waals surface area contributed by atoms with E-state index in [2.05, 4.69) is 4.74 Å². The lowest BCUT2D eigenvalue weighted by atomic mass is 10.0. The van der Waals surface area contributed by atoms with Crippen LogP contribution in [0, 0.1) is 6.92 Å². The molecule has 0 spiro atoms. The first kappa shape index (κ1) is 9.74. The molecule has 13 heavy (non-hydrogen) atoms. The van der Waals surface area contributed by atoms with E-state index in [0.717, 1.165) is 11.1 Å². The number of carbonyl (C=O) groups is 1. The van der Waals surface area contributed by atoms with Gasteiger partial charge in [0, 0.05) is 0 Å². The molecule has 0 saturated heterocycles. The normalized spacial score (nSPS) is 12.2. The molecular weight excluding hydrogens is 166 g/mol. The van der Waals surface area contributed by atoms with Gasteiger partial charge in [-0.15, -0.1) is 0 Å². The summed E-state index contributed by atoms with van der Waals surface area (Å²) in [4.78, 5) is 11.1. The zero-order valence-electron chi connectivity index (χ0n) is 7.78. The Morgan fingerprint density at radius 2 is 2.08 bits per heavy atom. The van der Waals surface area contributed by atoms with Crippen LogP contribution in [0.4, 0.5) is 0 Å². The summed E-state index contributed by atoms with van der Waals surface area (Å²) in [6.07, 6.45) is 0. The van der Waals surface area contributed by atoms with Crippen molar-refractivity contribution in [2.45, 2.75) is 13.0 Å². The molecule has 1 rings (SSSR count). The van der Waals surface area contributed by atoms with Crippen molar-refractivity contribution in [1.82, 2.24) is 0 Å². The van der Waals surface area contributed by atoms with Gasteiger partial charge in [0.15, 0.2) is 0 Å². The number of benzene rings is 1. The molecule has 0 radical (unpaired) electrons. The van der Waals surface area contributed by atoms with Crippen LogP contribution in [0.1, 0.15) is 17.2 Å². The fraction of sp³-hybridized carbons (Fsp3) is 0.300. The van der Waals surface area contributed by atoms with Crippen molar-refractivity contribution in [2.75, 3.05) is 7.11 Å². The minimum atomic E-state index is -0.675. The van der Waals surface area contributed by atoms with Gasteiger partial charge < -0.3 is 10.5 Å². The number of hydrogen-bond acceptors (Lipinski definition) is 3. The van der Waals surface area contributed by atoms with Crippen molar-refractivity contribution in [3.63, 3.8) is 0 Å². The van der Waals surface area contributed by atoms with Gasteiger partial charge >= 0.3 is 5.97 Å². The number of methoxy groups -OCH3 is 1. The van der Waals surface area contributed by atoms with Crippen LogP contribution in [0.2, 0.25) is 0 Å². The highest BCUT2D eigenvalue weighted by atomic mass is 16.5. The summed E-state index contributed by atoms with van der Waals surface area (Å²) < 4.78 is 4.56. The molecule has 0 aliphatic heterocycles. The number of ether oxygens (including phenoxy) is 1. The predicted octanol–water partition coefficient (Wildman–Crippen LogP) is 1.17. The van der Waals surface area contributed by atoms with E-state index < -0.39 is 12.0 Å². The first-order valence-corrected chi connectivity index (χ1v) is 4.05. The molecule has 0 bridgehead atoms. The van der Waals surface area contributed by atoms with Gasteiger partial charge in [-0.2, -0.15) is 0 Å². The molecule has 0 aliphatic carbocycles. The minimum Gasteiger partial charge on any atom is -0.468 e. The van der Waals surface area contributed by atoms with E-state index in [1.165, 1.54) is 7.11 Å². The van der Waals surface area contributed by atoms with E-state index in [0.29, 0.717) is 0 Å². The van der Waals surface area contributed by atoms with Crippen LogP contribution in [0.25, 0.3) is 0 Å². The maximum atomic E-state index is 11.1. The van der Waals surface area contributed by atoms with Crippen LogP contribution >= 0.6 is 0 Å². The third kappa shape index (κ3) is 2.06. The Morgan fingerprint density at radius 1 is 1.46 bits per heavy atom. The Bertz CT molecular complexity index is 310. The van der Waals surface area contributed by atoms with Crippen molar-refractivity contribution in [1.29, 1.82) is 0 Å². The average Bonchev–Trinajstić information content (AvgIpc) is 2.16. The number of nitrogens with two attached hydrogens (primary N) is 1. The van der Waals surface area contributed by atoms with Crippen molar-refractivity contribution < 1.29 is 9.53 Å². The Morgan fingerprint density at radius 3 is 2.62 bits per heavy atom. The van der Waals surface area contributed by atoms with Gasteiger partial charge in [0.25, 0.3) is 0 Å². The molecule has 0 aliphatic rings. The summed E-state index contributed by atoms with van der Waals surface area (Å²) in [5.41, 5.74) is 7.49. The van der Waals surface area contributed by atoms with E-state index in [-0.39, 0.29) is 0 Å². The van der Waals surface area contributed by atoms with Crippen LogP contribution in [0.5, 0.6) is 0 Å². The van der Waals surface area contributed by atoms with Gasteiger partial charge in [-0.1, -0.05) is 24.3 Å². The fourth-order valence-corrected chi connectivity index (χ4v) is 1.19. The van der Waals surface area contributed by atoms with E-state index in [9.17, 15) is 4.79 Å². The topological polar surface area (TPSA) is 52.3 Å². The monoisotopic (exact) mass is 179 g/mol. The lowest BCUT2D eigenvalue weighted by molar-refractivity contribution is -0.142. The lowest BCUT2D eigenvalue weighted by Gasteiger charge is -2.11. The smallest absolute Gasteiger partial charge is 0.327 e. The molecular formula is C10H13NO2. The zero-order valence-corrected chi connectivity index (χ0v) is 7.78. The highest BCUT2D eigenvalue weighted by molar-refractivity contribution is 5.77. The molecule has 0 saturated carbocycles. The second-order valence-electron chi connectivity index (χ2n) is 2.86. The largest absolute Gasteiger partial charge is 0.468 e. The van der Waals surface area contributed by atoms with E-state index in [1.54, 1.807) is 0 Å². The SMILES string of the molecule is COC(=O)[C@H](N)c1ccccc1C. The number of esters is 1. The van der Waals surface area contributed by atoms with Gasteiger partial charge in [0.2, 0.25) is 0 Å². The summed E-state index contributed by atoms with van der Waals surface area (Å²) in [5, 5.41) is 0. The molecule has 1 atom stereocenters. The lowest BCUT2D eigenvalue weighted by Crippen LogP contribution is -2.23. The van der Waals surface area contributed by atoms with E-state index >= 15 is 0 Å². The molecule has 0 amide bonds. The van der Waals surface area contributed by atoms with Crippen molar-refractivity contribution >= 4 is 5.97 Å². The predicted molar refractivity (Wildman–Crippen MR) is 50.1 cm³/mol. The van der Waals surface area contributed by atoms with Crippen molar-refractivity contribution in [2.24, 2.45) is 5.73 Å². The van der Waals surface area contributed by atoms with Gasteiger partial charge in [-0.25, -0.2) is 0 Å². The number of rotatable bonds is 2. The second kappa shape index (κ2) is 4.05. The molecule has 0 aromatic heterocycles. The average molecular weight is 179 g/mol. The number of hydrogen-bond donors (Lipinski definition) is 1. The first-order chi connectivity index (χ1) is 6.16. The first-order valence-electron chi connectivity index (χ1n) is 4.05. The van der Waals surface area contributed by atoms with E-state index in [1.807, 2.05) is 31.2 Å².